The van der Waals surface area contributed by atoms with Gasteiger partial charge in [-0.25, -0.2) is 0 Å². The van der Waals surface area contributed by atoms with Gasteiger partial charge < -0.3 is 9.52 Å². The number of nitrogens with zero attached hydrogens (tertiary/aromatic N) is 1. The first-order valence-corrected chi connectivity index (χ1v) is 8.61. The summed E-state index contributed by atoms with van der Waals surface area (Å²) in [4.78, 5) is 26.9. The van der Waals surface area contributed by atoms with Gasteiger partial charge in [0.2, 0.25) is 0 Å². The van der Waals surface area contributed by atoms with Crippen molar-refractivity contribution in [2.75, 3.05) is 4.90 Å². The van der Waals surface area contributed by atoms with Gasteiger partial charge in [-0.3, -0.25) is 14.5 Å². The molecule has 1 aromatic heterocycles. The molecule has 0 aliphatic carbocycles. The van der Waals surface area contributed by atoms with Gasteiger partial charge in [-0.1, -0.05) is 41.9 Å². The lowest BCUT2D eigenvalue weighted by Gasteiger charge is -2.23. The number of furan rings is 1. The van der Waals surface area contributed by atoms with E-state index in [1.165, 1.54) is 11.2 Å². The number of anilines is 1. The van der Waals surface area contributed by atoms with E-state index in [2.05, 4.69) is 0 Å². The van der Waals surface area contributed by atoms with Crippen molar-refractivity contribution in [2.45, 2.75) is 6.04 Å². The van der Waals surface area contributed by atoms with Crippen LogP contribution in [0.3, 0.4) is 0 Å². The molecule has 1 N–H and O–H groups in total. The van der Waals surface area contributed by atoms with Crippen LogP contribution >= 0.6 is 11.6 Å². The highest BCUT2D eigenvalue weighted by Crippen LogP contribution is 2.42. The minimum atomic E-state index is -0.874. The Kier molecular flexibility index (Phi) is 4.30. The Morgan fingerprint density at radius 1 is 0.963 bits per heavy atom. The van der Waals surface area contributed by atoms with Gasteiger partial charge in [0.25, 0.3) is 11.7 Å². The van der Waals surface area contributed by atoms with Gasteiger partial charge >= 0.3 is 0 Å². The summed E-state index contributed by atoms with van der Waals surface area (Å²) in [6.45, 7) is 0. The topological polar surface area (TPSA) is 70.8 Å². The normalized spacial score (nSPS) is 18.9. The Morgan fingerprint density at radius 2 is 1.67 bits per heavy atom. The summed E-state index contributed by atoms with van der Waals surface area (Å²) in [7, 11) is 0. The third-order valence-electron chi connectivity index (χ3n) is 4.41. The molecule has 1 aliphatic rings. The van der Waals surface area contributed by atoms with Crippen LogP contribution in [-0.2, 0) is 9.59 Å². The van der Waals surface area contributed by atoms with Crippen LogP contribution in [0.15, 0.2) is 83.0 Å². The van der Waals surface area contributed by atoms with Crippen LogP contribution < -0.4 is 4.90 Å². The van der Waals surface area contributed by atoms with Gasteiger partial charge in [-0.2, -0.15) is 0 Å². The van der Waals surface area contributed by atoms with Crippen LogP contribution in [0.1, 0.15) is 17.4 Å². The molecule has 5 nitrogen and oxygen atoms in total. The third kappa shape index (κ3) is 2.92. The number of Topliss-reactive ketones (excluding diaryl/α,β-unsaturated/α-hetero) is 1. The molecule has 2 heterocycles. The SMILES string of the molecule is O=C1C(=O)N(c2ccc(Cl)cc2)C(c2ccco2)/C1=C(/O)c1ccccc1. The Bertz CT molecular complexity index is 1020. The maximum atomic E-state index is 12.8. The summed E-state index contributed by atoms with van der Waals surface area (Å²) in [5.41, 5.74) is 0.911. The first-order valence-electron chi connectivity index (χ1n) is 8.23. The predicted molar refractivity (Wildman–Crippen MR) is 101 cm³/mol. The highest BCUT2D eigenvalue weighted by atomic mass is 35.5. The molecule has 0 bridgehead atoms. The number of aliphatic hydroxyl groups excluding tert-OH is 1. The van der Waals surface area contributed by atoms with Crippen molar-refractivity contribution in [1.82, 2.24) is 0 Å². The zero-order valence-electron chi connectivity index (χ0n) is 14.0. The smallest absolute Gasteiger partial charge is 0.300 e. The average molecular weight is 380 g/mol. The number of amides is 1. The zero-order chi connectivity index (χ0) is 19.0. The van der Waals surface area contributed by atoms with Gasteiger partial charge in [0.05, 0.1) is 11.8 Å². The molecule has 1 unspecified atom stereocenters. The first-order chi connectivity index (χ1) is 13.1. The Hall–Kier alpha value is -3.31. The molecule has 134 valence electrons. The molecule has 1 atom stereocenters. The minimum Gasteiger partial charge on any atom is -0.507 e. The fourth-order valence-corrected chi connectivity index (χ4v) is 3.29. The number of carbonyl (C=O) groups is 2. The second-order valence-corrected chi connectivity index (χ2v) is 6.46. The van der Waals surface area contributed by atoms with Crippen molar-refractivity contribution in [3.8, 4) is 0 Å². The van der Waals surface area contributed by atoms with Crippen LogP contribution in [-0.4, -0.2) is 16.8 Å². The van der Waals surface area contributed by atoms with E-state index in [0.717, 1.165) is 0 Å². The first kappa shape index (κ1) is 17.1. The van der Waals surface area contributed by atoms with E-state index >= 15 is 0 Å². The molecule has 1 aliphatic heterocycles. The van der Waals surface area contributed by atoms with Crippen molar-refractivity contribution in [1.29, 1.82) is 0 Å². The van der Waals surface area contributed by atoms with Crippen molar-refractivity contribution >= 4 is 34.7 Å². The lowest BCUT2D eigenvalue weighted by atomic mass is 9.99. The van der Waals surface area contributed by atoms with E-state index in [1.54, 1.807) is 66.7 Å². The van der Waals surface area contributed by atoms with Crippen LogP contribution in [0.4, 0.5) is 5.69 Å². The van der Waals surface area contributed by atoms with Gasteiger partial charge in [-0.05, 0) is 36.4 Å². The summed E-state index contributed by atoms with van der Waals surface area (Å²) in [6.07, 6.45) is 1.46. The summed E-state index contributed by atoms with van der Waals surface area (Å²) in [5.74, 6) is -1.38. The number of ketones is 1. The fraction of sp³-hybridized carbons (Fsp3) is 0.0476. The molecule has 0 spiro atoms. The van der Waals surface area contributed by atoms with Crippen LogP contribution in [0, 0.1) is 0 Å². The second kappa shape index (κ2) is 6.78. The van der Waals surface area contributed by atoms with E-state index in [1.807, 2.05) is 0 Å². The average Bonchev–Trinajstić information content (AvgIpc) is 3.30. The standard InChI is InChI=1S/C21H14ClNO4/c22-14-8-10-15(11-9-14)23-18(16-7-4-12-27-16)17(20(25)21(23)26)19(24)13-5-2-1-3-6-13/h1-12,18,24H/b19-17-. The molecule has 1 saturated heterocycles. The molecule has 3 aromatic rings. The Balaban J connectivity index is 1.92. The second-order valence-electron chi connectivity index (χ2n) is 6.03. The van der Waals surface area contributed by atoms with E-state index in [4.69, 9.17) is 16.0 Å². The quantitative estimate of drug-likeness (QED) is 0.411. The van der Waals surface area contributed by atoms with Crippen molar-refractivity contribution in [2.24, 2.45) is 0 Å². The number of aliphatic hydroxyl groups is 1. The highest BCUT2D eigenvalue weighted by molar-refractivity contribution is 6.51. The molecule has 1 fully saturated rings. The number of rotatable bonds is 3. The monoisotopic (exact) mass is 379 g/mol. The van der Waals surface area contributed by atoms with Crippen molar-refractivity contribution < 1.29 is 19.1 Å². The number of hydrogen-bond donors (Lipinski definition) is 1. The van der Waals surface area contributed by atoms with Gasteiger partial charge in [0.15, 0.2) is 0 Å². The minimum absolute atomic E-state index is 0.0175. The number of halogens is 1. The number of carbonyl (C=O) groups excluding carboxylic acids is 2. The number of hydrogen-bond acceptors (Lipinski definition) is 4. The van der Waals surface area contributed by atoms with E-state index in [9.17, 15) is 14.7 Å². The zero-order valence-corrected chi connectivity index (χ0v) is 14.8. The highest BCUT2D eigenvalue weighted by Gasteiger charge is 2.48. The summed E-state index contributed by atoms with van der Waals surface area (Å²) in [5, 5.41) is 11.3. The molecule has 4 rings (SSSR count). The molecule has 0 radical (unpaired) electrons. The maximum Gasteiger partial charge on any atom is 0.300 e. The van der Waals surface area contributed by atoms with Crippen LogP contribution in [0.2, 0.25) is 5.02 Å². The third-order valence-corrected chi connectivity index (χ3v) is 4.66. The summed E-state index contributed by atoms with van der Waals surface area (Å²) in [6, 6.07) is 17.6. The lowest BCUT2D eigenvalue weighted by molar-refractivity contribution is -0.132. The van der Waals surface area contributed by atoms with E-state index in [0.29, 0.717) is 22.0 Å². The molecule has 27 heavy (non-hydrogen) atoms. The van der Waals surface area contributed by atoms with E-state index in [-0.39, 0.29) is 11.3 Å². The number of benzene rings is 2. The molecular weight excluding hydrogens is 366 g/mol. The molecule has 1 amide bonds. The summed E-state index contributed by atoms with van der Waals surface area (Å²) < 4.78 is 5.49. The Labute approximate surface area is 160 Å². The Morgan fingerprint density at radius 3 is 2.30 bits per heavy atom. The van der Waals surface area contributed by atoms with Crippen molar-refractivity contribution in [3.05, 3.63) is 94.9 Å². The molecule has 0 saturated carbocycles. The van der Waals surface area contributed by atoms with E-state index < -0.39 is 17.7 Å². The largest absolute Gasteiger partial charge is 0.507 e. The molecule has 6 heteroatoms. The van der Waals surface area contributed by atoms with Gasteiger partial charge in [0.1, 0.15) is 17.6 Å². The van der Waals surface area contributed by atoms with Gasteiger partial charge in [0, 0.05) is 16.3 Å². The van der Waals surface area contributed by atoms with Crippen LogP contribution in [0.5, 0.6) is 0 Å². The predicted octanol–water partition coefficient (Wildman–Crippen LogP) is 4.56. The molecular formula is C21H14ClNO4. The van der Waals surface area contributed by atoms with Crippen LogP contribution in [0.25, 0.3) is 5.76 Å². The maximum absolute atomic E-state index is 12.8. The summed E-state index contributed by atoms with van der Waals surface area (Å²) >= 11 is 5.94. The lowest BCUT2D eigenvalue weighted by Crippen LogP contribution is -2.29. The van der Waals surface area contributed by atoms with Gasteiger partial charge in [-0.15, -0.1) is 0 Å². The van der Waals surface area contributed by atoms with Crippen molar-refractivity contribution in [3.63, 3.8) is 0 Å². The fourth-order valence-electron chi connectivity index (χ4n) is 3.17. The molecule has 2 aromatic carbocycles.